The predicted octanol–water partition coefficient (Wildman–Crippen LogP) is 4.28. The number of hydrogen-bond acceptors (Lipinski definition) is 8. The first-order chi connectivity index (χ1) is 16.8. The summed E-state index contributed by atoms with van der Waals surface area (Å²) in [5.41, 5.74) is 6.54. The minimum absolute atomic E-state index is 0.0152. The predicted molar refractivity (Wildman–Crippen MR) is 132 cm³/mol. The van der Waals surface area contributed by atoms with E-state index in [0.29, 0.717) is 12.2 Å². The van der Waals surface area contributed by atoms with Crippen molar-refractivity contribution < 1.29 is 19.2 Å². The van der Waals surface area contributed by atoms with Crippen LogP contribution >= 0.6 is 11.3 Å². The number of ether oxygens (including phenoxy) is 1. The SMILES string of the molecule is CCOC(=O)c1c(-n2c(C)cc(/C=N\NC(=O)c3ccc([N+](=O)[O-])cn3)c2C)sc2c1CCCC2. The number of hydrazone groups is 1. The molecular weight excluding hydrogens is 470 g/mol. The van der Waals surface area contributed by atoms with Crippen LogP contribution in [-0.4, -0.2) is 39.2 Å². The van der Waals surface area contributed by atoms with Gasteiger partial charge in [0.1, 0.15) is 16.9 Å². The highest BCUT2D eigenvalue weighted by Crippen LogP contribution is 2.39. The van der Waals surface area contributed by atoms with E-state index in [1.807, 2.05) is 24.5 Å². The Morgan fingerprint density at radius 3 is 2.77 bits per heavy atom. The topological polar surface area (TPSA) is 129 Å². The number of carbonyl (C=O) groups excluding carboxylic acids is 2. The number of nitrogens with one attached hydrogen (secondary N) is 1. The molecule has 4 rings (SSSR count). The van der Waals surface area contributed by atoms with Crippen LogP contribution in [-0.2, 0) is 17.6 Å². The molecule has 0 fully saturated rings. The van der Waals surface area contributed by atoms with Gasteiger partial charge < -0.3 is 9.30 Å². The molecule has 3 aromatic rings. The third kappa shape index (κ3) is 4.85. The van der Waals surface area contributed by atoms with Crippen LogP contribution < -0.4 is 5.43 Å². The summed E-state index contributed by atoms with van der Waals surface area (Å²) in [5.74, 6) is -0.882. The highest BCUT2D eigenvalue weighted by atomic mass is 32.1. The molecule has 1 N–H and O–H groups in total. The molecule has 0 radical (unpaired) electrons. The van der Waals surface area contributed by atoms with Crippen LogP contribution in [0.3, 0.4) is 0 Å². The van der Waals surface area contributed by atoms with E-state index in [1.54, 1.807) is 18.3 Å². The van der Waals surface area contributed by atoms with Crippen LogP contribution in [0.2, 0.25) is 0 Å². The number of nitro groups is 1. The van der Waals surface area contributed by atoms with Crippen molar-refractivity contribution >= 4 is 35.1 Å². The number of carbonyl (C=O) groups is 2. The molecule has 10 nitrogen and oxygen atoms in total. The van der Waals surface area contributed by atoms with E-state index in [4.69, 9.17) is 4.74 Å². The quantitative estimate of drug-likeness (QED) is 0.225. The van der Waals surface area contributed by atoms with E-state index in [0.717, 1.165) is 59.4 Å². The lowest BCUT2D eigenvalue weighted by Gasteiger charge is -2.13. The maximum atomic E-state index is 12.9. The van der Waals surface area contributed by atoms with Gasteiger partial charge >= 0.3 is 5.97 Å². The Balaban J connectivity index is 1.60. The molecule has 11 heteroatoms. The summed E-state index contributed by atoms with van der Waals surface area (Å²) in [5, 5.41) is 15.6. The molecule has 3 heterocycles. The molecule has 0 aromatic carbocycles. The lowest BCUT2D eigenvalue weighted by atomic mass is 9.95. The molecule has 1 amide bonds. The average molecular weight is 496 g/mol. The second-order valence-corrected chi connectivity index (χ2v) is 9.21. The van der Waals surface area contributed by atoms with Crippen molar-refractivity contribution in [2.24, 2.45) is 5.10 Å². The van der Waals surface area contributed by atoms with Crippen LogP contribution in [0, 0.1) is 24.0 Å². The van der Waals surface area contributed by atoms with Gasteiger partial charge in [-0.25, -0.2) is 15.2 Å². The van der Waals surface area contributed by atoms with E-state index in [1.165, 1.54) is 23.2 Å². The monoisotopic (exact) mass is 495 g/mol. The number of esters is 1. The van der Waals surface area contributed by atoms with Crippen molar-refractivity contribution in [3.63, 3.8) is 0 Å². The van der Waals surface area contributed by atoms with E-state index < -0.39 is 10.8 Å². The van der Waals surface area contributed by atoms with E-state index in [2.05, 4.69) is 15.5 Å². The number of thiophene rings is 1. The zero-order chi connectivity index (χ0) is 25.1. The fourth-order valence-corrected chi connectivity index (χ4v) is 5.69. The lowest BCUT2D eigenvalue weighted by Crippen LogP contribution is -2.19. The highest BCUT2D eigenvalue weighted by molar-refractivity contribution is 7.15. The molecule has 0 saturated carbocycles. The van der Waals surface area contributed by atoms with Gasteiger partial charge in [-0.05, 0) is 64.2 Å². The molecular formula is C24H25N5O5S. The molecule has 1 aliphatic rings. The Hall–Kier alpha value is -3.86. The van der Waals surface area contributed by atoms with Gasteiger partial charge in [0.05, 0.1) is 23.3 Å². The summed E-state index contributed by atoms with van der Waals surface area (Å²) in [6.45, 7) is 6.00. The van der Waals surface area contributed by atoms with Crippen molar-refractivity contribution in [2.75, 3.05) is 6.61 Å². The number of pyridine rings is 1. The lowest BCUT2D eigenvalue weighted by molar-refractivity contribution is -0.385. The first kappa shape index (κ1) is 24.3. The van der Waals surface area contributed by atoms with E-state index in [9.17, 15) is 19.7 Å². The molecule has 35 heavy (non-hydrogen) atoms. The van der Waals surface area contributed by atoms with Gasteiger partial charge in [-0.15, -0.1) is 11.3 Å². The normalized spacial score (nSPS) is 13.0. The maximum Gasteiger partial charge on any atom is 0.341 e. The number of aromatic nitrogens is 2. The summed E-state index contributed by atoms with van der Waals surface area (Å²) >= 11 is 1.63. The fraction of sp³-hybridized carbons (Fsp3) is 0.333. The van der Waals surface area contributed by atoms with Gasteiger partial charge in [-0.3, -0.25) is 14.9 Å². The largest absolute Gasteiger partial charge is 0.462 e. The fourth-order valence-electron chi connectivity index (χ4n) is 4.20. The van der Waals surface area contributed by atoms with Gasteiger partial charge in [0.25, 0.3) is 11.6 Å². The van der Waals surface area contributed by atoms with Gasteiger partial charge in [0.15, 0.2) is 0 Å². The zero-order valence-corrected chi connectivity index (χ0v) is 20.5. The molecule has 0 saturated heterocycles. The number of aryl methyl sites for hydroxylation is 2. The average Bonchev–Trinajstić information content (AvgIpc) is 3.35. The Kier molecular flexibility index (Phi) is 7.06. The van der Waals surface area contributed by atoms with Gasteiger partial charge in [0.2, 0.25) is 0 Å². The third-order valence-electron chi connectivity index (χ3n) is 5.87. The summed E-state index contributed by atoms with van der Waals surface area (Å²) in [6, 6.07) is 4.41. The van der Waals surface area contributed by atoms with Crippen molar-refractivity contribution in [1.29, 1.82) is 0 Å². The van der Waals surface area contributed by atoms with Crippen LogP contribution in [0.5, 0.6) is 0 Å². The summed E-state index contributed by atoms with van der Waals surface area (Å²) in [4.78, 5) is 40.4. The van der Waals surface area contributed by atoms with Crippen LogP contribution in [0.4, 0.5) is 5.69 Å². The second kappa shape index (κ2) is 10.2. The van der Waals surface area contributed by atoms with Crippen molar-refractivity contribution in [3.05, 3.63) is 73.2 Å². The third-order valence-corrected chi connectivity index (χ3v) is 7.14. The summed E-state index contributed by atoms with van der Waals surface area (Å²) < 4.78 is 7.43. The van der Waals surface area contributed by atoms with Gasteiger partial charge in [0, 0.05) is 27.9 Å². The van der Waals surface area contributed by atoms with E-state index >= 15 is 0 Å². The Morgan fingerprint density at radius 1 is 1.31 bits per heavy atom. The van der Waals surface area contributed by atoms with Gasteiger partial charge in [-0.1, -0.05) is 0 Å². The van der Waals surface area contributed by atoms with Crippen molar-refractivity contribution in [2.45, 2.75) is 46.5 Å². The molecule has 0 unspecified atom stereocenters. The maximum absolute atomic E-state index is 12.9. The first-order valence-electron chi connectivity index (χ1n) is 11.3. The summed E-state index contributed by atoms with van der Waals surface area (Å²) in [6.07, 6.45) is 6.55. The van der Waals surface area contributed by atoms with Crippen molar-refractivity contribution in [1.82, 2.24) is 15.0 Å². The van der Waals surface area contributed by atoms with Crippen LogP contribution in [0.15, 0.2) is 29.5 Å². The molecule has 182 valence electrons. The molecule has 0 spiro atoms. The van der Waals surface area contributed by atoms with Gasteiger partial charge in [-0.2, -0.15) is 5.10 Å². The van der Waals surface area contributed by atoms with Crippen molar-refractivity contribution in [3.8, 4) is 5.00 Å². The van der Waals surface area contributed by atoms with Crippen LogP contribution in [0.1, 0.15) is 68.0 Å². The second-order valence-electron chi connectivity index (χ2n) is 8.13. The number of rotatable bonds is 7. The number of hydrogen-bond donors (Lipinski definition) is 1. The Bertz CT molecular complexity index is 1320. The molecule has 0 bridgehead atoms. The first-order valence-corrected chi connectivity index (χ1v) is 12.1. The smallest absolute Gasteiger partial charge is 0.341 e. The number of fused-ring (bicyclic) bond motifs is 1. The molecule has 1 aliphatic carbocycles. The number of nitrogens with zero attached hydrogens (tertiary/aromatic N) is 4. The Labute approximate surface area is 205 Å². The van der Waals surface area contributed by atoms with E-state index in [-0.39, 0.29) is 17.4 Å². The minimum atomic E-state index is -0.583. The standard InChI is InChI=1S/C24H25N5O5S/c1-4-34-24(31)21-18-7-5-6-8-20(18)35-23(21)28-14(2)11-16(15(28)3)12-26-27-22(30)19-10-9-17(13-25-19)29(32)33/h9-13H,4-8H2,1-3H3,(H,27,30)/b26-12-. The Morgan fingerprint density at radius 2 is 2.09 bits per heavy atom. The minimum Gasteiger partial charge on any atom is -0.462 e. The van der Waals surface area contributed by atoms with Crippen LogP contribution in [0.25, 0.3) is 5.00 Å². The molecule has 3 aromatic heterocycles. The zero-order valence-electron chi connectivity index (χ0n) is 19.7. The highest BCUT2D eigenvalue weighted by Gasteiger charge is 2.28. The number of amides is 1. The molecule has 0 atom stereocenters. The summed E-state index contributed by atoms with van der Waals surface area (Å²) in [7, 11) is 0. The molecule has 0 aliphatic heterocycles.